The third kappa shape index (κ3) is 2.76. The molecule has 3 nitrogen and oxygen atoms in total. The Morgan fingerprint density at radius 1 is 0.885 bits per heavy atom. The number of benzene rings is 2. The highest BCUT2D eigenvalue weighted by Gasteiger charge is 2.48. The lowest BCUT2D eigenvalue weighted by atomic mass is 9.90. The van der Waals surface area contributed by atoms with Gasteiger partial charge >= 0.3 is 0 Å². The standard InChI is InChI=1S/C22H19NO2S/c1-14(24)22(11-12-22)18-8-6-16(7-9-18)15-2-4-17(5-3-15)20-19(21(23)25)10-13-26-20/h2-10,13H,11-12H2,1H3,(H2,23,25). The van der Waals surface area contributed by atoms with Gasteiger partial charge in [-0.05, 0) is 53.5 Å². The summed E-state index contributed by atoms with van der Waals surface area (Å²) in [6, 6.07) is 18.2. The third-order valence-electron chi connectivity index (χ3n) is 5.27. The first-order valence-corrected chi connectivity index (χ1v) is 9.49. The van der Waals surface area contributed by atoms with Crippen LogP contribution in [-0.4, -0.2) is 11.7 Å². The monoisotopic (exact) mass is 361 g/mol. The summed E-state index contributed by atoms with van der Waals surface area (Å²) in [6.07, 6.45) is 1.92. The molecule has 130 valence electrons. The van der Waals surface area contributed by atoms with E-state index in [1.807, 2.05) is 29.6 Å². The molecule has 4 rings (SSSR count). The molecule has 1 amide bonds. The Hall–Kier alpha value is -2.72. The predicted molar refractivity (Wildman–Crippen MR) is 105 cm³/mol. The van der Waals surface area contributed by atoms with Crippen LogP contribution >= 0.6 is 11.3 Å². The largest absolute Gasteiger partial charge is 0.366 e. The number of rotatable bonds is 5. The summed E-state index contributed by atoms with van der Waals surface area (Å²) in [5, 5.41) is 1.88. The molecule has 1 aromatic heterocycles. The summed E-state index contributed by atoms with van der Waals surface area (Å²) in [6.45, 7) is 1.69. The van der Waals surface area contributed by atoms with Crippen LogP contribution in [0, 0.1) is 0 Å². The number of carbonyl (C=O) groups is 2. The van der Waals surface area contributed by atoms with E-state index in [0.29, 0.717) is 5.56 Å². The summed E-state index contributed by atoms with van der Waals surface area (Å²) in [5.41, 5.74) is 10.1. The van der Waals surface area contributed by atoms with Crippen LogP contribution in [0.15, 0.2) is 60.0 Å². The van der Waals surface area contributed by atoms with Gasteiger partial charge in [-0.15, -0.1) is 11.3 Å². The van der Waals surface area contributed by atoms with E-state index in [4.69, 9.17) is 5.73 Å². The number of hydrogen-bond acceptors (Lipinski definition) is 3. The molecule has 0 atom stereocenters. The highest BCUT2D eigenvalue weighted by atomic mass is 32.1. The molecule has 0 bridgehead atoms. The second kappa shape index (κ2) is 6.22. The van der Waals surface area contributed by atoms with Crippen molar-refractivity contribution >= 4 is 23.0 Å². The Morgan fingerprint density at radius 3 is 1.92 bits per heavy atom. The van der Waals surface area contributed by atoms with E-state index in [-0.39, 0.29) is 11.2 Å². The average molecular weight is 361 g/mol. The molecule has 2 N–H and O–H groups in total. The fraction of sp³-hybridized carbons (Fsp3) is 0.182. The van der Waals surface area contributed by atoms with Crippen molar-refractivity contribution in [2.45, 2.75) is 25.2 Å². The van der Waals surface area contributed by atoms with Crippen molar-refractivity contribution in [3.8, 4) is 21.6 Å². The number of hydrogen-bond donors (Lipinski definition) is 1. The molecular weight excluding hydrogens is 342 g/mol. The molecule has 0 saturated heterocycles. The van der Waals surface area contributed by atoms with Gasteiger partial charge in [-0.1, -0.05) is 48.5 Å². The smallest absolute Gasteiger partial charge is 0.250 e. The summed E-state index contributed by atoms with van der Waals surface area (Å²) in [5.74, 6) is -0.142. The Balaban J connectivity index is 1.60. The summed E-state index contributed by atoms with van der Waals surface area (Å²) in [4.78, 5) is 24.3. The molecule has 3 aromatic rings. The Bertz CT molecular complexity index is 980. The van der Waals surface area contributed by atoms with Crippen LogP contribution in [0.5, 0.6) is 0 Å². The van der Waals surface area contributed by atoms with Crippen LogP contribution in [-0.2, 0) is 10.2 Å². The molecule has 0 aliphatic heterocycles. The van der Waals surface area contributed by atoms with E-state index in [1.165, 1.54) is 11.3 Å². The fourth-order valence-electron chi connectivity index (χ4n) is 3.49. The minimum Gasteiger partial charge on any atom is -0.366 e. The molecule has 0 spiro atoms. The van der Waals surface area contributed by atoms with Gasteiger partial charge < -0.3 is 5.73 Å². The van der Waals surface area contributed by atoms with Crippen LogP contribution in [0.1, 0.15) is 35.7 Å². The van der Waals surface area contributed by atoms with Crippen molar-refractivity contribution in [2.24, 2.45) is 5.73 Å². The van der Waals surface area contributed by atoms with Crippen molar-refractivity contribution in [1.29, 1.82) is 0 Å². The first-order chi connectivity index (χ1) is 12.5. The van der Waals surface area contributed by atoms with Gasteiger partial charge in [-0.2, -0.15) is 0 Å². The van der Waals surface area contributed by atoms with Crippen molar-refractivity contribution in [2.75, 3.05) is 0 Å². The fourth-order valence-corrected chi connectivity index (χ4v) is 4.40. The summed E-state index contributed by atoms with van der Waals surface area (Å²) < 4.78 is 0. The lowest BCUT2D eigenvalue weighted by molar-refractivity contribution is -0.119. The third-order valence-corrected chi connectivity index (χ3v) is 6.24. The highest BCUT2D eigenvalue weighted by molar-refractivity contribution is 7.14. The lowest BCUT2D eigenvalue weighted by Gasteiger charge is -2.12. The number of Topliss-reactive ketones (excluding diaryl/α,β-unsaturated/α-hetero) is 1. The van der Waals surface area contributed by atoms with Crippen molar-refractivity contribution in [3.63, 3.8) is 0 Å². The molecule has 26 heavy (non-hydrogen) atoms. The Morgan fingerprint density at radius 2 is 1.42 bits per heavy atom. The van der Waals surface area contributed by atoms with Crippen LogP contribution in [0.3, 0.4) is 0 Å². The first-order valence-electron chi connectivity index (χ1n) is 8.61. The number of ketones is 1. The molecule has 4 heteroatoms. The van der Waals surface area contributed by atoms with E-state index < -0.39 is 5.91 Å². The zero-order valence-electron chi connectivity index (χ0n) is 14.5. The zero-order valence-corrected chi connectivity index (χ0v) is 15.3. The topological polar surface area (TPSA) is 60.2 Å². The van der Waals surface area contributed by atoms with Gasteiger partial charge in [-0.3, -0.25) is 9.59 Å². The molecule has 1 heterocycles. The van der Waals surface area contributed by atoms with Gasteiger partial charge in [-0.25, -0.2) is 0 Å². The number of amides is 1. The van der Waals surface area contributed by atoms with Gasteiger partial charge in [0.2, 0.25) is 5.91 Å². The normalized spacial score (nSPS) is 14.8. The highest BCUT2D eigenvalue weighted by Crippen LogP contribution is 2.49. The van der Waals surface area contributed by atoms with Gasteiger partial charge in [0.05, 0.1) is 11.0 Å². The van der Waals surface area contributed by atoms with E-state index in [9.17, 15) is 9.59 Å². The molecule has 1 fully saturated rings. The van der Waals surface area contributed by atoms with E-state index in [1.54, 1.807) is 13.0 Å². The van der Waals surface area contributed by atoms with E-state index in [2.05, 4.69) is 24.3 Å². The minimum absolute atomic E-state index is 0.229. The van der Waals surface area contributed by atoms with Crippen LogP contribution in [0.4, 0.5) is 0 Å². The van der Waals surface area contributed by atoms with Crippen LogP contribution in [0.25, 0.3) is 21.6 Å². The van der Waals surface area contributed by atoms with Gasteiger partial charge in [0.15, 0.2) is 0 Å². The number of thiophene rings is 1. The Kier molecular flexibility index (Phi) is 4.00. The maximum atomic E-state index is 11.9. The average Bonchev–Trinajstić information content (AvgIpc) is 3.32. The lowest BCUT2D eigenvalue weighted by Crippen LogP contribution is -2.16. The van der Waals surface area contributed by atoms with E-state index >= 15 is 0 Å². The van der Waals surface area contributed by atoms with Crippen LogP contribution < -0.4 is 5.73 Å². The van der Waals surface area contributed by atoms with Crippen molar-refractivity contribution in [1.82, 2.24) is 0 Å². The SMILES string of the molecule is CC(=O)C1(c2ccc(-c3ccc(-c4sccc4C(N)=O)cc3)cc2)CC1. The molecule has 1 aliphatic rings. The second-order valence-corrected chi connectivity index (χ2v) is 7.74. The zero-order chi connectivity index (χ0) is 18.3. The maximum Gasteiger partial charge on any atom is 0.250 e. The molecule has 0 unspecified atom stereocenters. The molecule has 0 radical (unpaired) electrons. The minimum atomic E-state index is -0.402. The van der Waals surface area contributed by atoms with Crippen LogP contribution in [0.2, 0.25) is 0 Å². The Labute approximate surface area is 156 Å². The quantitative estimate of drug-likeness (QED) is 0.709. The number of carbonyl (C=O) groups excluding carboxylic acids is 2. The van der Waals surface area contributed by atoms with E-state index in [0.717, 1.165) is 40.0 Å². The predicted octanol–water partition coefficient (Wildman–Crippen LogP) is 4.80. The molecular formula is C22H19NO2S. The van der Waals surface area contributed by atoms with Crippen molar-refractivity contribution in [3.05, 3.63) is 71.1 Å². The molecule has 1 aliphatic carbocycles. The van der Waals surface area contributed by atoms with Crippen molar-refractivity contribution < 1.29 is 9.59 Å². The molecule has 1 saturated carbocycles. The summed E-state index contributed by atoms with van der Waals surface area (Å²) >= 11 is 1.51. The number of nitrogens with two attached hydrogens (primary N) is 1. The summed E-state index contributed by atoms with van der Waals surface area (Å²) in [7, 11) is 0. The maximum absolute atomic E-state index is 11.9. The van der Waals surface area contributed by atoms with Gasteiger partial charge in [0.25, 0.3) is 0 Å². The van der Waals surface area contributed by atoms with Gasteiger partial charge in [0.1, 0.15) is 5.78 Å². The number of primary amides is 1. The second-order valence-electron chi connectivity index (χ2n) is 6.82. The molecule has 2 aromatic carbocycles. The first kappa shape index (κ1) is 16.7. The van der Waals surface area contributed by atoms with Gasteiger partial charge in [0, 0.05) is 4.88 Å².